The number of thiophene rings is 1. The van der Waals surface area contributed by atoms with Crippen molar-refractivity contribution in [3.63, 3.8) is 0 Å². The largest absolute Gasteiger partial charge is 0.494 e. The van der Waals surface area contributed by atoms with Gasteiger partial charge in [0.2, 0.25) is 5.91 Å². The number of hydrogen-bond donors (Lipinski definition) is 1. The van der Waals surface area contributed by atoms with Crippen LogP contribution in [0.4, 0.5) is 5.69 Å². The molecule has 7 heteroatoms. The standard InChI is InChI=1S/C19H21N3O2S2/c1-5-24-15-8-6-14(7-9-15)22-17(23)13(4)26-19-16-11(2)12(3)25-18(16)20-10-21-19/h6-10,13H,5H2,1-4H3,(H,22,23)/t13-/m0/s1. The zero-order valence-corrected chi connectivity index (χ0v) is 16.8. The Morgan fingerprint density at radius 2 is 2.00 bits per heavy atom. The smallest absolute Gasteiger partial charge is 0.237 e. The maximum absolute atomic E-state index is 12.5. The van der Waals surface area contributed by atoms with Gasteiger partial charge >= 0.3 is 0 Å². The first-order valence-electron chi connectivity index (χ1n) is 8.40. The summed E-state index contributed by atoms with van der Waals surface area (Å²) in [6, 6.07) is 7.38. The normalized spacial score (nSPS) is 12.2. The molecule has 26 heavy (non-hydrogen) atoms. The number of carbonyl (C=O) groups excluding carboxylic acids is 1. The lowest BCUT2D eigenvalue weighted by molar-refractivity contribution is -0.115. The second-order valence-corrected chi connectivity index (χ2v) is 8.38. The molecule has 1 amide bonds. The Balaban J connectivity index is 1.71. The molecule has 0 aliphatic carbocycles. The van der Waals surface area contributed by atoms with Crippen LogP contribution in [0.15, 0.2) is 35.6 Å². The minimum absolute atomic E-state index is 0.0597. The molecule has 136 valence electrons. The monoisotopic (exact) mass is 387 g/mol. The molecule has 2 aromatic heterocycles. The average molecular weight is 388 g/mol. The molecule has 0 fully saturated rings. The molecular weight excluding hydrogens is 366 g/mol. The summed E-state index contributed by atoms with van der Waals surface area (Å²) in [6.07, 6.45) is 1.57. The van der Waals surface area contributed by atoms with Crippen molar-refractivity contribution in [2.45, 2.75) is 38.0 Å². The molecular formula is C19H21N3O2S2. The lowest BCUT2D eigenvalue weighted by atomic mass is 10.2. The van der Waals surface area contributed by atoms with E-state index in [1.54, 1.807) is 17.7 Å². The van der Waals surface area contributed by atoms with Gasteiger partial charge in [-0.05, 0) is 57.5 Å². The molecule has 0 unspecified atom stereocenters. The maximum Gasteiger partial charge on any atom is 0.237 e. The van der Waals surface area contributed by atoms with Crippen LogP contribution in [0.1, 0.15) is 24.3 Å². The van der Waals surface area contributed by atoms with Crippen molar-refractivity contribution in [2.75, 3.05) is 11.9 Å². The lowest BCUT2D eigenvalue weighted by Gasteiger charge is -2.12. The number of nitrogens with one attached hydrogen (secondary N) is 1. The minimum atomic E-state index is -0.278. The Morgan fingerprint density at radius 3 is 2.69 bits per heavy atom. The van der Waals surface area contributed by atoms with E-state index >= 15 is 0 Å². The lowest BCUT2D eigenvalue weighted by Crippen LogP contribution is -2.22. The van der Waals surface area contributed by atoms with Crippen LogP contribution in [0.5, 0.6) is 5.75 Å². The van der Waals surface area contributed by atoms with Gasteiger partial charge in [-0.3, -0.25) is 4.79 Å². The van der Waals surface area contributed by atoms with Crippen LogP contribution < -0.4 is 10.1 Å². The van der Waals surface area contributed by atoms with Crippen LogP contribution in [-0.2, 0) is 4.79 Å². The Morgan fingerprint density at radius 1 is 1.27 bits per heavy atom. The van der Waals surface area contributed by atoms with Crippen molar-refractivity contribution in [1.82, 2.24) is 9.97 Å². The molecule has 0 radical (unpaired) electrons. The van der Waals surface area contributed by atoms with Crippen LogP contribution in [0, 0.1) is 13.8 Å². The van der Waals surface area contributed by atoms with Crippen molar-refractivity contribution in [3.05, 3.63) is 41.0 Å². The van der Waals surface area contributed by atoms with Gasteiger partial charge in [-0.1, -0.05) is 11.8 Å². The van der Waals surface area contributed by atoms with Crippen LogP contribution >= 0.6 is 23.1 Å². The number of amides is 1. The fourth-order valence-electron chi connectivity index (χ4n) is 2.51. The molecule has 1 aromatic carbocycles. The second kappa shape index (κ2) is 8.05. The van der Waals surface area contributed by atoms with Gasteiger partial charge in [0.25, 0.3) is 0 Å². The first-order valence-corrected chi connectivity index (χ1v) is 10.1. The number of thioether (sulfide) groups is 1. The van der Waals surface area contributed by atoms with E-state index in [0.717, 1.165) is 26.7 Å². The van der Waals surface area contributed by atoms with E-state index in [-0.39, 0.29) is 11.2 Å². The minimum Gasteiger partial charge on any atom is -0.494 e. The maximum atomic E-state index is 12.5. The first-order chi connectivity index (χ1) is 12.5. The fourth-order valence-corrected chi connectivity index (χ4v) is 4.54. The highest BCUT2D eigenvalue weighted by molar-refractivity contribution is 8.00. The highest BCUT2D eigenvalue weighted by Crippen LogP contribution is 2.36. The summed E-state index contributed by atoms with van der Waals surface area (Å²) < 4.78 is 5.42. The molecule has 0 aliphatic heterocycles. The average Bonchev–Trinajstić information content (AvgIpc) is 2.92. The summed E-state index contributed by atoms with van der Waals surface area (Å²) >= 11 is 3.12. The van der Waals surface area contributed by atoms with Gasteiger partial charge in [-0.15, -0.1) is 11.3 Å². The number of carbonyl (C=O) groups is 1. The topological polar surface area (TPSA) is 64.1 Å². The first kappa shape index (κ1) is 18.7. The molecule has 0 aliphatic rings. The number of aryl methyl sites for hydroxylation is 2. The number of fused-ring (bicyclic) bond motifs is 1. The molecule has 0 spiro atoms. The van der Waals surface area contributed by atoms with Crippen molar-refractivity contribution in [3.8, 4) is 5.75 Å². The molecule has 5 nitrogen and oxygen atoms in total. The Labute approximate surface area is 161 Å². The molecule has 2 heterocycles. The molecule has 0 saturated carbocycles. The number of nitrogens with zero attached hydrogens (tertiary/aromatic N) is 2. The number of anilines is 1. The Hall–Kier alpha value is -2.12. The van der Waals surface area contributed by atoms with Gasteiger partial charge < -0.3 is 10.1 Å². The van der Waals surface area contributed by atoms with E-state index in [9.17, 15) is 4.79 Å². The second-order valence-electron chi connectivity index (χ2n) is 5.85. The number of aromatic nitrogens is 2. The predicted octanol–water partition coefficient (Wildman–Crippen LogP) is 4.83. The SMILES string of the molecule is CCOc1ccc(NC(=O)[C@H](C)Sc2ncnc3sc(C)c(C)c23)cc1. The van der Waals surface area contributed by atoms with Gasteiger partial charge in [0.15, 0.2) is 0 Å². The van der Waals surface area contributed by atoms with Gasteiger partial charge in [0.05, 0.1) is 11.9 Å². The van der Waals surface area contributed by atoms with Gasteiger partial charge in [-0.25, -0.2) is 9.97 Å². The van der Waals surface area contributed by atoms with Crippen molar-refractivity contribution in [1.29, 1.82) is 0 Å². The summed E-state index contributed by atoms with van der Waals surface area (Å²) in [7, 11) is 0. The number of ether oxygens (including phenoxy) is 1. The predicted molar refractivity (Wildman–Crippen MR) is 108 cm³/mol. The number of hydrogen-bond acceptors (Lipinski definition) is 6. The summed E-state index contributed by atoms with van der Waals surface area (Å²) in [5.74, 6) is 0.732. The van der Waals surface area contributed by atoms with E-state index in [4.69, 9.17) is 4.74 Å². The third-order valence-corrected chi connectivity index (χ3v) is 6.24. The quantitative estimate of drug-likeness (QED) is 0.485. The zero-order valence-electron chi connectivity index (χ0n) is 15.2. The van der Waals surface area contributed by atoms with E-state index in [1.807, 2.05) is 38.1 Å². The van der Waals surface area contributed by atoms with Crippen LogP contribution in [-0.4, -0.2) is 27.7 Å². The van der Waals surface area contributed by atoms with Gasteiger partial charge in [-0.2, -0.15) is 0 Å². The highest BCUT2D eigenvalue weighted by Gasteiger charge is 2.19. The summed E-state index contributed by atoms with van der Waals surface area (Å²) in [4.78, 5) is 23.5. The van der Waals surface area contributed by atoms with Crippen molar-refractivity contribution in [2.24, 2.45) is 0 Å². The Kier molecular flexibility index (Phi) is 5.78. The Bertz CT molecular complexity index is 922. The molecule has 3 rings (SSSR count). The molecule has 0 saturated heterocycles. The third kappa shape index (κ3) is 3.99. The van der Waals surface area contributed by atoms with E-state index < -0.39 is 0 Å². The zero-order chi connectivity index (χ0) is 18.7. The van der Waals surface area contributed by atoms with Gasteiger partial charge in [0.1, 0.15) is 21.9 Å². The molecule has 1 N–H and O–H groups in total. The van der Waals surface area contributed by atoms with E-state index in [2.05, 4.69) is 29.1 Å². The van der Waals surface area contributed by atoms with Crippen molar-refractivity contribution < 1.29 is 9.53 Å². The van der Waals surface area contributed by atoms with Crippen molar-refractivity contribution >= 4 is 44.9 Å². The summed E-state index contributed by atoms with van der Waals surface area (Å²) in [5, 5.41) is 4.57. The summed E-state index contributed by atoms with van der Waals surface area (Å²) in [6.45, 7) is 8.60. The molecule has 0 bridgehead atoms. The van der Waals surface area contributed by atoms with Gasteiger partial charge in [0, 0.05) is 16.0 Å². The molecule has 1 atom stereocenters. The fraction of sp³-hybridized carbons (Fsp3) is 0.316. The van der Waals surface area contributed by atoms with Crippen LogP contribution in [0.2, 0.25) is 0 Å². The number of benzene rings is 1. The number of rotatable bonds is 6. The van der Waals surface area contributed by atoms with Crippen LogP contribution in [0.3, 0.4) is 0 Å². The molecule has 3 aromatic rings. The third-order valence-electron chi connectivity index (χ3n) is 4.02. The summed E-state index contributed by atoms with van der Waals surface area (Å²) in [5.41, 5.74) is 1.94. The highest BCUT2D eigenvalue weighted by atomic mass is 32.2. The van der Waals surface area contributed by atoms with Crippen LogP contribution in [0.25, 0.3) is 10.2 Å². The van der Waals surface area contributed by atoms with E-state index in [0.29, 0.717) is 6.61 Å². The van der Waals surface area contributed by atoms with E-state index in [1.165, 1.54) is 22.2 Å².